The van der Waals surface area contributed by atoms with Crippen LogP contribution in [0.15, 0.2) is 18.2 Å². The molecule has 0 fully saturated rings. The molecule has 0 aromatic heterocycles. The zero-order valence-corrected chi connectivity index (χ0v) is 9.26. The molecule has 0 bridgehead atoms. The molecule has 0 radical (unpaired) electrons. The molecule has 1 aromatic rings. The Labute approximate surface area is 92.9 Å². The largest absolute Gasteiger partial charge is 0.382 e. The van der Waals surface area contributed by atoms with Gasteiger partial charge in [0.25, 0.3) is 0 Å². The standard InChI is InChI=1S/C12H14F2O2/c1-3-12(16,4-2)11(15)9-7-8(13)5-6-10(9)14/h5-7,16H,3-4H2,1-2H3. The van der Waals surface area contributed by atoms with Crippen molar-refractivity contribution in [2.75, 3.05) is 0 Å². The average Bonchev–Trinajstić information content (AvgIpc) is 2.30. The minimum atomic E-state index is -1.62. The topological polar surface area (TPSA) is 37.3 Å². The molecule has 1 aromatic carbocycles. The summed E-state index contributed by atoms with van der Waals surface area (Å²) < 4.78 is 26.2. The van der Waals surface area contributed by atoms with Gasteiger partial charge in [-0.15, -0.1) is 0 Å². The Balaban J connectivity index is 3.18. The van der Waals surface area contributed by atoms with E-state index in [1.54, 1.807) is 13.8 Å². The smallest absolute Gasteiger partial charge is 0.197 e. The Morgan fingerprint density at radius 1 is 1.31 bits per heavy atom. The number of Topliss-reactive ketones (excluding diaryl/α,β-unsaturated/α-hetero) is 1. The van der Waals surface area contributed by atoms with Crippen LogP contribution in [0.1, 0.15) is 37.0 Å². The molecular formula is C12H14F2O2. The van der Waals surface area contributed by atoms with E-state index in [1.165, 1.54) is 0 Å². The first-order valence-corrected chi connectivity index (χ1v) is 5.17. The second-order valence-corrected chi connectivity index (χ2v) is 3.69. The van der Waals surface area contributed by atoms with Crippen LogP contribution >= 0.6 is 0 Å². The van der Waals surface area contributed by atoms with Gasteiger partial charge in [-0.1, -0.05) is 13.8 Å². The second kappa shape index (κ2) is 4.70. The molecular weight excluding hydrogens is 214 g/mol. The van der Waals surface area contributed by atoms with E-state index in [1.807, 2.05) is 0 Å². The van der Waals surface area contributed by atoms with Crippen molar-refractivity contribution in [3.8, 4) is 0 Å². The second-order valence-electron chi connectivity index (χ2n) is 3.69. The molecule has 1 rings (SSSR count). The highest BCUT2D eigenvalue weighted by Gasteiger charge is 2.34. The number of ketones is 1. The molecule has 0 spiro atoms. The first-order chi connectivity index (χ1) is 7.44. The van der Waals surface area contributed by atoms with Crippen molar-refractivity contribution < 1.29 is 18.7 Å². The van der Waals surface area contributed by atoms with Gasteiger partial charge in [0.1, 0.15) is 17.2 Å². The molecule has 0 amide bonds. The molecule has 0 aliphatic rings. The summed E-state index contributed by atoms with van der Waals surface area (Å²) in [5.41, 5.74) is -2.01. The van der Waals surface area contributed by atoms with E-state index >= 15 is 0 Å². The molecule has 2 nitrogen and oxygen atoms in total. The maximum absolute atomic E-state index is 13.3. The lowest BCUT2D eigenvalue weighted by Crippen LogP contribution is -2.37. The molecule has 0 saturated carbocycles. The number of carbonyl (C=O) groups is 1. The summed E-state index contributed by atoms with van der Waals surface area (Å²) in [4.78, 5) is 11.8. The lowest BCUT2D eigenvalue weighted by molar-refractivity contribution is 0.0273. The van der Waals surface area contributed by atoms with Gasteiger partial charge in [0.15, 0.2) is 5.78 Å². The van der Waals surface area contributed by atoms with Gasteiger partial charge in [-0.25, -0.2) is 8.78 Å². The Hall–Kier alpha value is -1.29. The van der Waals surface area contributed by atoms with Gasteiger partial charge in [0.2, 0.25) is 0 Å². The Kier molecular flexibility index (Phi) is 3.75. The minimum Gasteiger partial charge on any atom is -0.382 e. The van der Waals surface area contributed by atoms with Crippen molar-refractivity contribution in [1.82, 2.24) is 0 Å². The number of benzene rings is 1. The number of hydrogen-bond donors (Lipinski definition) is 1. The summed E-state index contributed by atoms with van der Waals surface area (Å²) in [7, 11) is 0. The predicted octanol–water partition coefficient (Wildman–Crippen LogP) is 2.70. The first-order valence-electron chi connectivity index (χ1n) is 5.17. The van der Waals surface area contributed by atoms with Crippen molar-refractivity contribution in [2.24, 2.45) is 0 Å². The van der Waals surface area contributed by atoms with E-state index in [2.05, 4.69) is 0 Å². The third-order valence-electron chi connectivity index (χ3n) is 2.77. The normalized spacial score (nSPS) is 11.6. The summed E-state index contributed by atoms with van der Waals surface area (Å²) in [6.07, 6.45) is 0.330. The quantitative estimate of drug-likeness (QED) is 0.804. The van der Waals surface area contributed by atoms with Gasteiger partial charge in [0, 0.05) is 0 Å². The summed E-state index contributed by atoms with van der Waals surface area (Å²) in [5.74, 6) is -2.28. The zero-order chi connectivity index (χ0) is 12.3. The third-order valence-corrected chi connectivity index (χ3v) is 2.77. The van der Waals surface area contributed by atoms with Crippen LogP contribution in [0.3, 0.4) is 0 Å². The molecule has 1 N–H and O–H groups in total. The van der Waals surface area contributed by atoms with Crippen molar-refractivity contribution in [1.29, 1.82) is 0 Å². The SMILES string of the molecule is CCC(O)(CC)C(=O)c1cc(F)ccc1F. The minimum absolute atomic E-state index is 0.165. The monoisotopic (exact) mass is 228 g/mol. The molecule has 0 heterocycles. The molecule has 0 atom stereocenters. The van der Waals surface area contributed by atoms with Gasteiger partial charge < -0.3 is 5.11 Å². The average molecular weight is 228 g/mol. The van der Waals surface area contributed by atoms with Crippen LogP contribution in [0.25, 0.3) is 0 Å². The van der Waals surface area contributed by atoms with Gasteiger partial charge in [-0.05, 0) is 31.0 Å². The highest BCUT2D eigenvalue weighted by molar-refractivity contribution is 6.02. The van der Waals surface area contributed by atoms with Crippen LogP contribution in [0.4, 0.5) is 8.78 Å². The van der Waals surface area contributed by atoms with Crippen LogP contribution in [0.2, 0.25) is 0 Å². The number of hydrogen-bond acceptors (Lipinski definition) is 2. The fraction of sp³-hybridized carbons (Fsp3) is 0.417. The fourth-order valence-electron chi connectivity index (χ4n) is 1.49. The lowest BCUT2D eigenvalue weighted by Gasteiger charge is -2.23. The van der Waals surface area contributed by atoms with Gasteiger partial charge >= 0.3 is 0 Å². The number of aliphatic hydroxyl groups is 1. The summed E-state index contributed by atoms with van der Waals surface area (Å²) >= 11 is 0. The Morgan fingerprint density at radius 3 is 2.38 bits per heavy atom. The van der Waals surface area contributed by atoms with Crippen LogP contribution < -0.4 is 0 Å². The van der Waals surface area contributed by atoms with Crippen molar-refractivity contribution in [2.45, 2.75) is 32.3 Å². The molecule has 16 heavy (non-hydrogen) atoms. The van der Waals surface area contributed by atoms with Crippen LogP contribution in [-0.2, 0) is 0 Å². The van der Waals surface area contributed by atoms with Crippen LogP contribution in [0.5, 0.6) is 0 Å². The predicted molar refractivity (Wildman–Crippen MR) is 56.2 cm³/mol. The molecule has 0 unspecified atom stereocenters. The van der Waals surface area contributed by atoms with E-state index < -0.39 is 28.6 Å². The Bertz CT molecular complexity index is 398. The molecule has 0 saturated heterocycles. The van der Waals surface area contributed by atoms with E-state index in [-0.39, 0.29) is 12.8 Å². The maximum Gasteiger partial charge on any atom is 0.197 e. The van der Waals surface area contributed by atoms with Gasteiger partial charge in [-0.3, -0.25) is 4.79 Å². The Morgan fingerprint density at radius 2 is 1.88 bits per heavy atom. The van der Waals surface area contributed by atoms with Crippen molar-refractivity contribution >= 4 is 5.78 Å². The van der Waals surface area contributed by atoms with E-state index in [0.717, 1.165) is 18.2 Å². The molecule has 0 aliphatic heterocycles. The molecule has 0 aliphatic carbocycles. The van der Waals surface area contributed by atoms with Crippen molar-refractivity contribution in [3.05, 3.63) is 35.4 Å². The maximum atomic E-state index is 13.3. The number of carbonyl (C=O) groups excluding carboxylic acids is 1. The van der Waals surface area contributed by atoms with Gasteiger partial charge in [0.05, 0.1) is 5.56 Å². The van der Waals surface area contributed by atoms with E-state index in [9.17, 15) is 18.7 Å². The zero-order valence-electron chi connectivity index (χ0n) is 9.26. The number of halogens is 2. The van der Waals surface area contributed by atoms with E-state index in [4.69, 9.17) is 0 Å². The summed E-state index contributed by atoms with van der Waals surface area (Å²) in [6, 6.07) is 2.63. The molecule has 88 valence electrons. The summed E-state index contributed by atoms with van der Waals surface area (Å²) in [5, 5.41) is 9.93. The van der Waals surface area contributed by atoms with Gasteiger partial charge in [-0.2, -0.15) is 0 Å². The fourth-order valence-corrected chi connectivity index (χ4v) is 1.49. The summed E-state index contributed by atoms with van der Waals surface area (Å²) in [6.45, 7) is 3.25. The van der Waals surface area contributed by atoms with E-state index in [0.29, 0.717) is 0 Å². The lowest BCUT2D eigenvalue weighted by atomic mass is 9.88. The highest BCUT2D eigenvalue weighted by Crippen LogP contribution is 2.23. The van der Waals surface area contributed by atoms with Crippen LogP contribution in [0, 0.1) is 11.6 Å². The highest BCUT2D eigenvalue weighted by atomic mass is 19.1. The van der Waals surface area contributed by atoms with Crippen LogP contribution in [-0.4, -0.2) is 16.5 Å². The first kappa shape index (κ1) is 12.8. The van der Waals surface area contributed by atoms with Crippen molar-refractivity contribution in [3.63, 3.8) is 0 Å². The molecule has 4 heteroatoms. The third kappa shape index (κ3) is 2.27. The number of rotatable bonds is 4.